The number of nitrogens with one attached hydrogen (secondary N) is 1. The van der Waals surface area contributed by atoms with Gasteiger partial charge in [0.15, 0.2) is 0 Å². The molecule has 1 heterocycles. The molecule has 1 amide bonds. The van der Waals surface area contributed by atoms with Crippen molar-refractivity contribution in [2.45, 2.75) is 30.8 Å². The molecule has 0 radical (unpaired) electrons. The first-order chi connectivity index (χ1) is 12.3. The highest BCUT2D eigenvalue weighted by molar-refractivity contribution is 9.10. The number of carbonyl (C=O) groups is 1. The molecule has 1 atom stereocenters. The van der Waals surface area contributed by atoms with Gasteiger partial charge in [-0.1, -0.05) is 39.7 Å². The molecule has 8 heteroatoms. The summed E-state index contributed by atoms with van der Waals surface area (Å²) in [6.45, 7) is 2.33. The first-order valence-corrected chi connectivity index (χ1v) is 10.4. The van der Waals surface area contributed by atoms with Gasteiger partial charge >= 0.3 is 6.09 Å². The van der Waals surface area contributed by atoms with E-state index in [2.05, 4.69) is 21.2 Å². The van der Waals surface area contributed by atoms with Crippen LogP contribution in [-0.2, 0) is 16.6 Å². The van der Waals surface area contributed by atoms with Gasteiger partial charge in [0.1, 0.15) is 0 Å². The minimum Gasteiger partial charge on any atom is -0.465 e. The monoisotopic (exact) mass is 438 g/mol. The van der Waals surface area contributed by atoms with Crippen LogP contribution in [0.1, 0.15) is 29.2 Å². The molecule has 6 nitrogen and oxygen atoms in total. The van der Waals surface area contributed by atoms with Gasteiger partial charge in [-0.25, -0.2) is 13.2 Å². The van der Waals surface area contributed by atoms with Crippen molar-refractivity contribution in [1.29, 1.82) is 0 Å². The fraction of sp³-hybridized carbons (Fsp3) is 0.278. The van der Waals surface area contributed by atoms with Crippen LogP contribution < -0.4 is 5.32 Å². The molecular formula is C18H19BrN2O4S. The number of aryl methyl sites for hydroxylation is 1. The summed E-state index contributed by atoms with van der Waals surface area (Å²) in [5.74, 6) is 0. The molecule has 2 aromatic carbocycles. The molecule has 0 saturated carbocycles. The Hall–Kier alpha value is -1.90. The van der Waals surface area contributed by atoms with Gasteiger partial charge in [0.05, 0.1) is 10.9 Å². The summed E-state index contributed by atoms with van der Waals surface area (Å²) in [5, 5.41) is 11.6. The second-order valence-corrected chi connectivity index (χ2v) is 9.14. The normalized spacial score (nSPS) is 18.0. The van der Waals surface area contributed by atoms with E-state index in [0.29, 0.717) is 6.42 Å². The highest BCUT2D eigenvalue weighted by Crippen LogP contribution is 2.31. The summed E-state index contributed by atoms with van der Waals surface area (Å²) < 4.78 is 28.3. The van der Waals surface area contributed by atoms with Crippen LogP contribution in [0.15, 0.2) is 51.8 Å². The van der Waals surface area contributed by atoms with Gasteiger partial charge in [0.2, 0.25) is 10.0 Å². The van der Waals surface area contributed by atoms with Gasteiger partial charge in [-0.2, -0.15) is 4.31 Å². The van der Waals surface area contributed by atoms with Crippen molar-refractivity contribution in [3.63, 3.8) is 0 Å². The molecule has 2 N–H and O–H groups in total. The fourth-order valence-corrected chi connectivity index (χ4v) is 4.95. The maximum Gasteiger partial charge on any atom is 0.405 e. The Morgan fingerprint density at radius 1 is 1.23 bits per heavy atom. The average Bonchev–Trinajstić information content (AvgIpc) is 2.74. The van der Waals surface area contributed by atoms with Crippen LogP contribution in [0.5, 0.6) is 0 Å². The molecule has 0 spiro atoms. The molecule has 0 saturated heterocycles. The van der Waals surface area contributed by atoms with Gasteiger partial charge in [0.25, 0.3) is 0 Å². The lowest BCUT2D eigenvalue weighted by Crippen LogP contribution is -2.32. The van der Waals surface area contributed by atoms with E-state index in [4.69, 9.17) is 5.11 Å². The molecule has 0 fully saturated rings. The third-order valence-electron chi connectivity index (χ3n) is 4.45. The molecule has 138 valence electrons. The number of sulfonamides is 1. The largest absolute Gasteiger partial charge is 0.465 e. The van der Waals surface area contributed by atoms with Crippen LogP contribution in [0.25, 0.3) is 0 Å². The second-order valence-electron chi connectivity index (χ2n) is 6.29. The number of fused-ring (bicyclic) bond motifs is 1. The van der Waals surface area contributed by atoms with Gasteiger partial charge < -0.3 is 10.4 Å². The zero-order valence-electron chi connectivity index (χ0n) is 14.1. The van der Waals surface area contributed by atoms with Crippen molar-refractivity contribution >= 4 is 32.0 Å². The van der Waals surface area contributed by atoms with E-state index in [0.717, 1.165) is 21.2 Å². The Kier molecular flexibility index (Phi) is 5.36. The average molecular weight is 439 g/mol. The quantitative estimate of drug-likeness (QED) is 0.765. The minimum absolute atomic E-state index is 0.197. The Labute approximate surface area is 161 Å². The van der Waals surface area contributed by atoms with Crippen LogP contribution in [0.4, 0.5) is 4.79 Å². The SMILES string of the molecule is Cc1ccc(S(=O)(=O)N2CCC(NC(=O)O)c3ccc(Br)cc3C2)cc1. The summed E-state index contributed by atoms with van der Waals surface area (Å²) in [4.78, 5) is 11.4. The van der Waals surface area contributed by atoms with Gasteiger partial charge in [0, 0.05) is 17.6 Å². The van der Waals surface area contributed by atoms with Crippen molar-refractivity contribution in [1.82, 2.24) is 9.62 Å². The molecule has 0 aliphatic carbocycles. The fourth-order valence-electron chi connectivity index (χ4n) is 3.11. The van der Waals surface area contributed by atoms with Crippen molar-refractivity contribution in [2.24, 2.45) is 0 Å². The predicted molar refractivity (Wildman–Crippen MR) is 101 cm³/mol. The number of nitrogens with zero attached hydrogens (tertiary/aromatic N) is 1. The lowest BCUT2D eigenvalue weighted by Gasteiger charge is -2.20. The number of rotatable bonds is 3. The van der Waals surface area contributed by atoms with E-state index in [1.165, 1.54) is 4.31 Å². The van der Waals surface area contributed by atoms with Gasteiger partial charge in [-0.3, -0.25) is 0 Å². The lowest BCUT2D eigenvalue weighted by atomic mass is 9.99. The summed E-state index contributed by atoms with van der Waals surface area (Å²) in [6, 6.07) is 11.8. The van der Waals surface area contributed by atoms with Crippen LogP contribution in [0.3, 0.4) is 0 Å². The molecular weight excluding hydrogens is 420 g/mol. The van der Waals surface area contributed by atoms with E-state index >= 15 is 0 Å². The molecule has 1 unspecified atom stereocenters. The number of hydrogen-bond donors (Lipinski definition) is 2. The van der Waals surface area contributed by atoms with Gasteiger partial charge in [-0.15, -0.1) is 0 Å². The number of hydrogen-bond acceptors (Lipinski definition) is 3. The zero-order chi connectivity index (χ0) is 18.9. The van der Waals surface area contributed by atoms with E-state index in [9.17, 15) is 13.2 Å². The van der Waals surface area contributed by atoms with E-state index in [1.807, 2.05) is 25.1 Å². The van der Waals surface area contributed by atoms with E-state index in [1.54, 1.807) is 24.3 Å². The third-order valence-corrected chi connectivity index (χ3v) is 6.80. The van der Waals surface area contributed by atoms with Crippen molar-refractivity contribution in [2.75, 3.05) is 6.54 Å². The third kappa shape index (κ3) is 3.92. The standard InChI is InChI=1S/C18H19BrN2O4S/c1-12-2-5-15(6-3-12)26(24,25)21-9-8-17(20-18(22)23)16-7-4-14(19)10-13(16)11-21/h2-7,10,17,20H,8-9,11H2,1H3,(H,22,23). The minimum atomic E-state index is -3.67. The number of carboxylic acid groups (broad SMARTS) is 1. The molecule has 0 aromatic heterocycles. The summed E-state index contributed by atoms with van der Waals surface area (Å²) in [6.07, 6.45) is -0.759. The topological polar surface area (TPSA) is 86.7 Å². The Morgan fingerprint density at radius 2 is 1.92 bits per heavy atom. The highest BCUT2D eigenvalue weighted by Gasteiger charge is 2.31. The maximum atomic E-state index is 13.1. The summed E-state index contributed by atoms with van der Waals surface area (Å²) >= 11 is 3.41. The first-order valence-electron chi connectivity index (χ1n) is 8.12. The van der Waals surface area contributed by atoms with Crippen molar-refractivity contribution in [3.05, 3.63) is 63.6 Å². The molecule has 1 aliphatic heterocycles. The molecule has 0 bridgehead atoms. The van der Waals surface area contributed by atoms with Crippen molar-refractivity contribution in [3.8, 4) is 0 Å². The Bertz CT molecular complexity index is 929. The number of halogens is 1. The van der Waals surface area contributed by atoms with Crippen LogP contribution in [-0.4, -0.2) is 30.5 Å². The van der Waals surface area contributed by atoms with Crippen LogP contribution in [0, 0.1) is 6.92 Å². The molecule has 26 heavy (non-hydrogen) atoms. The Morgan fingerprint density at radius 3 is 2.58 bits per heavy atom. The lowest BCUT2D eigenvalue weighted by molar-refractivity contribution is 0.189. The van der Waals surface area contributed by atoms with Crippen molar-refractivity contribution < 1.29 is 18.3 Å². The van der Waals surface area contributed by atoms with Crippen LogP contribution >= 0.6 is 15.9 Å². The van der Waals surface area contributed by atoms with E-state index in [-0.39, 0.29) is 18.0 Å². The molecule has 1 aliphatic rings. The Balaban J connectivity index is 1.99. The first kappa shape index (κ1) is 18.9. The number of amides is 1. The molecule has 3 rings (SSSR count). The summed E-state index contributed by atoms with van der Waals surface area (Å²) in [7, 11) is -3.67. The van der Waals surface area contributed by atoms with E-state index < -0.39 is 22.2 Å². The summed E-state index contributed by atoms with van der Waals surface area (Å²) in [5.41, 5.74) is 2.57. The maximum absolute atomic E-state index is 13.1. The smallest absolute Gasteiger partial charge is 0.405 e. The van der Waals surface area contributed by atoms with Gasteiger partial charge in [-0.05, 0) is 48.7 Å². The highest BCUT2D eigenvalue weighted by atomic mass is 79.9. The van der Waals surface area contributed by atoms with Crippen LogP contribution in [0.2, 0.25) is 0 Å². The predicted octanol–water partition coefficient (Wildman–Crippen LogP) is 3.66. The second kappa shape index (κ2) is 7.38. The molecule has 2 aromatic rings. The number of benzene rings is 2. The zero-order valence-corrected chi connectivity index (χ0v) is 16.5.